The lowest BCUT2D eigenvalue weighted by Crippen LogP contribution is -2.29. The predicted molar refractivity (Wildman–Crippen MR) is 112 cm³/mol. The zero-order valence-corrected chi connectivity index (χ0v) is 16.2. The van der Waals surface area contributed by atoms with Crippen molar-refractivity contribution in [3.8, 4) is 0 Å². The van der Waals surface area contributed by atoms with E-state index in [9.17, 15) is 4.79 Å². The number of thiocarbonyl (C=S) groups is 1. The highest BCUT2D eigenvalue weighted by Crippen LogP contribution is 2.21. The normalized spacial score (nSPS) is 10.9. The van der Waals surface area contributed by atoms with Crippen molar-refractivity contribution in [3.63, 3.8) is 0 Å². The number of nitrogens with two attached hydrogens (primary N) is 1. The highest BCUT2D eigenvalue weighted by atomic mass is 32.1. The molecule has 5 N–H and O–H groups in total. The van der Waals surface area contributed by atoms with Gasteiger partial charge in [0.25, 0.3) is 0 Å². The van der Waals surface area contributed by atoms with Crippen LogP contribution >= 0.6 is 12.2 Å². The molecule has 3 rings (SSSR count). The Balaban J connectivity index is 1.71. The molecule has 142 valence electrons. The number of aryl methyl sites for hydroxylation is 1. The van der Waals surface area contributed by atoms with Crippen molar-refractivity contribution in [2.75, 3.05) is 11.1 Å². The number of nitrogens with zero attached hydrogens (tertiary/aromatic N) is 1. The van der Waals surface area contributed by atoms with Gasteiger partial charge < -0.3 is 20.8 Å². The Morgan fingerprint density at radius 2 is 2.15 bits per heavy atom. The molecule has 0 bridgehead atoms. The van der Waals surface area contributed by atoms with Crippen molar-refractivity contribution in [1.29, 1.82) is 0 Å². The third-order valence-corrected chi connectivity index (χ3v) is 4.64. The Morgan fingerprint density at radius 3 is 2.89 bits per heavy atom. The van der Waals surface area contributed by atoms with Crippen LogP contribution in [-0.4, -0.2) is 15.1 Å². The number of rotatable bonds is 6. The monoisotopic (exact) mass is 385 g/mol. The van der Waals surface area contributed by atoms with Crippen LogP contribution in [0.25, 0.3) is 11.1 Å². The predicted octanol–water partition coefficient (Wildman–Crippen LogP) is 3.10. The molecule has 0 saturated carbocycles. The molecule has 0 unspecified atom stereocenters. The molecule has 0 spiro atoms. The number of aromatic nitrogens is 2. The van der Waals surface area contributed by atoms with Crippen LogP contribution in [0.4, 0.5) is 11.5 Å². The van der Waals surface area contributed by atoms with Crippen LogP contribution in [0.5, 0.6) is 0 Å². The van der Waals surface area contributed by atoms with Crippen LogP contribution in [0.2, 0.25) is 0 Å². The van der Waals surface area contributed by atoms with Crippen molar-refractivity contribution in [2.24, 2.45) is 0 Å². The van der Waals surface area contributed by atoms with Gasteiger partial charge in [0, 0.05) is 30.1 Å². The maximum atomic E-state index is 11.2. The van der Waals surface area contributed by atoms with Crippen molar-refractivity contribution >= 4 is 39.9 Å². The van der Waals surface area contributed by atoms with E-state index in [-0.39, 0.29) is 0 Å². The summed E-state index contributed by atoms with van der Waals surface area (Å²) in [5.74, 6) is 0.0439. The number of fused-ring (bicyclic) bond motifs is 1. The van der Waals surface area contributed by atoms with Crippen LogP contribution in [0.15, 0.2) is 33.6 Å². The molecule has 27 heavy (non-hydrogen) atoms. The van der Waals surface area contributed by atoms with E-state index >= 15 is 0 Å². The number of pyridine rings is 1. The molecular weight excluding hydrogens is 362 g/mol. The summed E-state index contributed by atoms with van der Waals surface area (Å²) in [6.07, 6.45) is 4.80. The maximum Gasteiger partial charge on any atom is 0.417 e. The number of nitrogen functional groups attached to an aromatic ring is 1. The topological polar surface area (TPSA) is 109 Å². The van der Waals surface area contributed by atoms with Gasteiger partial charge in [-0.05, 0) is 48.3 Å². The number of oxazole rings is 1. The van der Waals surface area contributed by atoms with Crippen LogP contribution in [0.1, 0.15) is 37.0 Å². The second-order valence-electron chi connectivity index (χ2n) is 6.26. The fourth-order valence-electron chi connectivity index (χ4n) is 3.14. The van der Waals surface area contributed by atoms with E-state index < -0.39 is 5.76 Å². The van der Waals surface area contributed by atoms with Gasteiger partial charge in [-0.25, -0.2) is 9.78 Å². The van der Waals surface area contributed by atoms with E-state index in [1.807, 2.05) is 12.3 Å². The van der Waals surface area contributed by atoms with Gasteiger partial charge in [-0.2, -0.15) is 0 Å². The number of hydrogen-bond donors (Lipinski definition) is 4. The van der Waals surface area contributed by atoms with Gasteiger partial charge in [0.2, 0.25) is 0 Å². The lowest BCUT2D eigenvalue weighted by molar-refractivity contribution is 0.555. The average Bonchev–Trinajstić information content (AvgIpc) is 3.01. The molecule has 2 heterocycles. The van der Waals surface area contributed by atoms with Gasteiger partial charge in [-0.3, -0.25) is 4.98 Å². The van der Waals surface area contributed by atoms with E-state index in [0.717, 1.165) is 30.5 Å². The van der Waals surface area contributed by atoms with E-state index in [1.54, 1.807) is 12.1 Å². The molecule has 7 nitrogen and oxygen atoms in total. The Morgan fingerprint density at radius 1 is 1.33 bits per heavy atom. The SMILES string of the molecule is CCCc1cnc(N)c(CNC(=S)Nc2ccc3[nH]c(=O)oc3c2)c1CC. The minimum Gasteiger partial charge on any atom is -0.408 e. The summed E-state index contributed by atoms with van der Waals surface area (Å²) in [6.45, 7) is 4.76. The van der Waals surface area contributed by atoms with Crippen LogP contribution in [-0.2, 0) is 19.4 Å². The molecule has 2 aromatic heterocycles. The molecule has 0 fully saturated rings. The van der Waals surface area contributed by atoms with E-state index in [2.05, 4.69) is 34.4 Å². The Kier molecular flexibility index (Phi) is 5.75. The second-order valence-corrected chi connectivity index (χ2v) is 6.67. The van der Waals surface area contributed by atoms with Crippen LogP contribution in [0, 0.1) is 0 Å². The molecule has 0 aliphatic carbocycles. The smallest absolute Gasteiger partial charge is 0.408 e. The molecule has 3 aromatic rings. The summed E-state index contributed by atoms with van der Waals surface area (Å²) in [5.41, 5.74) is 11.4. The first-order chi connectivity index (χ1) is 13.0. The number of aromatic amines is 1. The average molecular weight is 385 g/mol. The summed E-state index contributed by atoms with van der Waals surface area (Å²) < 4.78 is 5.06. The summed E-state index contributed by atoms with van der Waals surface area (Å²) in [5, 5.41) is 6.73. The Labute approximate surface area is 162 Å². The fourth-order valence-corrected chi connectivity index (χ4v) is 3.33. The molecule has 0 aliphatic heterocycles. The number of benzene rings is 1. The third-order valence-electron chi connectivity index (χ3n) is 4.40. The van der Waals surface area contributed by atoms with Gasteiger partial charge in [0.1, 0.15) is 5.82 Å². The van der Waals surface area contributed by atoms with Crippen molar-refractivity contribution < 1.29 is 4.42 Å². The van der Waals surface area contributed by atoms with Gasteiger partial charge in [-0.1, -0.05) is 20.3 Å². The minimum absolute atomic E-state index is 0.453. The zero-order valence-electron chi connectivity index (χ0n) is 15.4. The van der Waals surface area contributed by atoms with Gasteiger partial charge in [0.05, 0.1) is 5.52 Å². The van der Waals surface area contributed by atoms with Crippen molar-refractivity contribution in [1.82, 2.24) is 15.3 Å². The highest BCUT2D eigenvalue weighted by Gasteiger charge is 2.12. The molecule has 0 saturated heterocycles. The van der Waals surface area contributed by atoms with E-state index in [0.29, 0.717) is 28.6 Å². The number of anilines is 2. The number of nitrogens with one attached hydrogen (secondary N) is 3. The number of H-pyrrole nitrogens is 1. The Hall–Kier alpha value is -2.87. The minimum atomic E-state index is -0.482. The first-order valence-electron chi connectivity index (χ1n) is 8.94. The Bertz CT molecular complexity index is 1020. The molecule has 0 atom stereocenters. The largest absolute Gasteiger partial charge is 0.417 e. The van der Waals surface area contributed by atoms with E-state index in [1.165, 1.54) is 11.1 Å². The second kappa shape index (κ2) is 8.22. The highest BCUT2D eigenvalue weighted by molar-refractivity contribution is 7.80. The molecule has 0 amide bonds. The third kappa shape index (κ3) is 4.28. The number of hydrogen-bond acceptors (Lipinski definition) is 5. The van der Waals surface area contributed by atoms with Gasteiger partial charge in [0.15, 0.2) is 10.7 Å². The lowest BCUT2D eigenvalue weighted by Gasteiger charge is -2.17. The van der Waals surface area contributed by atoms with E-state index in [4.69, 9.17) is 22.4 Å². The van der Waals surface area contributed by atoms with Crippen molar-refractivity contribution in [3.05, 3.63) is 51.6 Å². The molecule has 0 aliphatic rings. The summed E-state index contributed by atoms with van der Waals surface area (Å²) in [6, 6.07) is 5.30. The fraction of sp³-hybridized carbons (Fsp3) is 0.316. The molecule has 1 aromatic carbocycles. The first kappa shape index (κ1) is 18.9. The standard InChI is InChI=1S/C19H23N5O2S/c1-3-5-11-9-21-17(20)14(13(11)4-2)10-22-18(27)23-12-6-7-15-16(8-12)26-19(25)24-15/h6-9H,3-5,10H2,1-2H3,(H2,20,21)(H,24,25)(H2,22,23,27). The lowest BCUT2D eigenvalue weighted by atomic mass is 9.98. The first-order valence-corrected chi connectivity index (χ1v) is 9.35. The maximum absolute atomic E-state index is 11.2. The quantitative estimate of drug-likeness (QED) is 0.483. The molecule has 0 radical (unpaired) electrons. The molecule has 8 heteroatoms. The zero-order chi connectivity index (χ0) is 19.4. The van der Waals surface area contributed by atoms with Crippen LogP contribution in [0.3, 0.4) is 0 Å². The van der Waals surface area contributed by atoms with Gasteiger partial charge in [-0.15, -0.1) is 0 Å². The van der Waals surface area contributed by atoms with Crippen LogP contribution < -0.4 is 22.1 Å². The summed E-state index contributed by atoms with van der Waals surface area (Å²) in [7, 11) is 0. The van der Waals surface area contributed by atoms with Crippen molar-refractivity contribution in [2.45, 2.75) is 39.7 Å². The molecular formula is C19H23N5O2S. The van der Waals surface area contributed by atoms with Gasteiger partial charge >= 0.3 is 5.76 Å². The summed E-state index contributed by atoms with van der Waals surface area (Å²) in [4.78, 5) is 18.2. The summed E-state index contributed by atoms with van der Waals surface area (Å²) >= 11 is 5.39.